The molecule has 0 amide bonds. The van der Waals surface area contributed by atoms with Crippen LogP contribution in [0.2, 0.25) is 0 Å². The van der Waals surface area contributed by atoms with Crippen molar-refractivity contribution >= 4 is 25.4 Å². The van der Waals surface area contributed by atoms with Crippen molar-refractivity contribution in [3.05, 3.63) is 0 Å². The van der Waals surface area contributed by atoms with Crippen LogP contribution in [-0.2, 0) is 18.8 Å². The molecule has 0 N–H and O–H groups in total. The lowest BCUT2D eigenvalue weighted by Crippen LogP contribution is -2.20. The van der Waals surface area contributed by atoms with Gasteiger partial charge in [-0.05, 0) is 27.7 Å². The molecular formula is C9H18ClO4P. The van der Waals surface area contributed by atoms with Gasteiger partial charge < -0.3 is 14.0 Å². The lowest BCUT2D eigenvalue weighted by atomic mass is 10.5. The lowest BCUT2D eigenvalue weighted by molar-refractivity contribution is -0.145. The molecule has 90 valence electrons. The van der Waals surface area contributed by atoms with Gasteiger partial charge >= 0.3 is 5.97 Å². The molecule has 2 atom stereocenters. The van der Waals surface area contributed by atoms with Crippen molar-refractivity contribution in [2.24, 2.45) is 0 Å². The second-order valence-electron chi connectivity index (χ2n) is 3.67. The van der Waals surface area contributed by atoms with Gasteiger partial charge in [0.2, 0.25) is 0 Å². The number of alkyl halides is 1. The zero-order chi connectivity index (χ0) is 12.0. The summed E-state index contributed by atoms with van der Waals surface area (Å²) in [6.45, 7) is 7.07. The van der Waals surface area contributed by atoms with E-state index < -0.39 is 18.9 Å². The minimum absolute atomic E-state index is 0.0176. The minimum Gasteiger partial charge on any atom is -0.462 e. The number of rotatable bonds is 6. The molecule has 15 heavy (non-hydrogen) atoms. The van der Waals surface area contributed by atoms with E-state index in [-0.39, 0.29) is 18.6 Å². The van der Waals surface area contributed by atoms with Crippen molar-refractivity contribution in [2.75, 3.05) is 6.35 Å². The van der Waals surface area contributed by atoms with Crippen LogP contribution in [-0.4, -0.2) is 29.6 Å². The van der Waals surface area contributed by atoms with Gasteiger partial charge in [-0.1, -0.05) is 0 Å². The summed E-state index contributed by atoms with van der Waals surface area (Å²) in [5, 5.41) is -1.09. The predicted molar refractivity (Wildman–Crippen MR) is 61.0 cm³/mol. The molecule has 0 saturated carbocycles. The van der Waals surface area contributed by atoms with Gasteiger partial charge in [0.05, 0.1) is 18.6 Å². The van der Waals surface area contributed by atoms with Gasteiger partial charge in [-0.15, -0.1) is 11.6 Å². The summed E-state index contributed by atoms with van der Waals surface area (Å²) in [4.78, 5) is 11.3. The fraction of sp³-hybridized carbons (Fsp3) is 0.889. The van der Waals surface area contributed by atoms with Crippen LogP contribution >= 0.6 is 19.4 Å². The van der Waals surface area contributed by atoms with Gasteiger partial charge in [-0.3, -0.25) is 0 Å². The highest BCUT2D eigenvalue weighted by Gasteiger charge is 2.24. The first-order valence-corrected chi connectivity index (χ1v) is 6.96. The Morgan fingerprint density at radius 2 is 1.80 bits per heavy atom. The van der Waals surface area contributed by atoms with E-state index in [9.17, 15) is 9.36 Å². The molecule has 4 nitrogen and oxygen atoms in total. The van der Waals surface area contributed by atoms with Crippen LogP contribution in [0.4, 0.5) is 0 Å². The zero-order valence-electron chi connectivity index (χ0n) is 9.45. The Balaban J connectivity index is 4.02. The molecule has 0 spiro atoms. The summed E-state index contributed by atoms with van der Waals surface area (Å²) in [6.07, 6.45) is -0.257. The van der Waals surface area contributed by atoms with E-state index in [1.165, 1.54) is 0 Å². The highest BCUT2D eigenvalue weighted by Crippen LogP contribution is 2.32. The number of hydrogen-bond donors (Lipinski definition) is 0. The molecule has 0 aliphatic carbocycles. The molecule has 0 bridgehead atoms. The third-order valence-corrected chi connectivity index (χ3v) is 3.56. The molecule has 0 heterocycles. The molecule has 0 aliphatic heterocycles. The van der Waals surface area contributed by atoms with Gasteiger partial charge in [-0.25, -0.2) is 4.79 Å². The van der Waals surface area contributed by atoms with Gasteiger partial charge in [0.15, 0.2) is 5.12 Å². The number of hydrogen-bond acceptors (Lipinski definition) is 4. The second-order valence-corrected chi connectivity index (χ2v) is 6.28. The van der Waals surface area contributed by atoms with E-state index in [0.717, 1.165) is 0 Å². The fourth-order valence-electron chi connectivity index (χ4n) is 0.745. The average molecular weight is 257 g/mol. The molecule has 0 aromatic rings. The Labute approximate surface area is 96.1 Å². The van der Waals surface area contributed by atoms with E-state index in [4.69, 9.17) is 21.1 Å². The third-order valence-electron chi connectivity index (χ3n) is 1.40. The van der Waals surface area contributed by atoms with Crippen molar-refractivity contribution in [2.45, 2.75) is 45.0 Å². The molecule has 0 aromatic carbocycles. The van der Waals surface area contributed by atoms with Crippen molar-refractivity contribution in [1.82, 2.24) is 0 Å². The summed E-state index contributed by atoms with van der Waals surface area (Å²) in [7, 11) is -2.29. The maximum absolute atomic E-state index is 11.5. The maximum atomic E-state index is 11.5. The predicted octanol–water partition coefficient (Wildman–Crippen LogP) is 2.45. The number of carbonyl (C=O) groups excluding carboxylic acids is 1. The molecule has 6 heteroatoms. The third kappa shape index (κ3) is 6.93. The highest BCUT2D eigenvalue weighted by molar-refractivity contribution is 7.48. The van der Waals surface area contributed by atoms with Gasteiger partial charge in [-0.2, -0.15) is 0 Å². The fourth-order valence-corrected chi connectivity index (χ4v) is 1.96. The first kappa shape index (κ1) is 14.9. The smallest absolute Gasteiger partial charge is 0.331 e. The first-order valence-electron chi connectivity index (χ1n) is 4.83. The number of carbonyl (C=O) groups is 1. The Bertz CT molecular complexity index is 230. The van der Waals surface area contributed by atoms with Crippen molar-refractivity contribution < 1.29 is 18.8 Å². The Morgan fingerprint density at radius 3 is 2.20 bits per heavy atom. The van der Waals surface area contributed by atoms with Crippen LogP contribution in [0.1, 0.15) is 27.7 Å². The average Bonchev–Trinajstić information content (AvgIpc) is 2.11. The summed E-state index contributed by atoms with van der Waals surface area (Å²) in [5.41, 5.74) is 0. The topological polar surface area (TPSA) is 52.6 Å². The SMILES string of the molecule is CC(C)OC[PH](=O)C(Cl)C(=O)OC(C)C. The van der Waals surface area contributed by atoms with E-state index in [0.29, 0.717) is 0 Å². The zero-order valence-corrected chi connectivity index (χ0v) is 11.2. The van der Waals surface area contributed by atoms with Crippen LogP contribution < -0.4 is 0 Å². The molecule has 0 rings (SSSR count). The molecule has 0 saturated heterocycles. The Morgan fingerprint density at radius 1 is 1.27 bits per heavy atom. The van der Waals surface area contributed by atoms with Crippen LogP contribution in [0, 0.1) is 0 Å². The number of ether oxygens (including phenoxy) is 2. The summed E-state index contributed by atoms with van der Waals surface area (Å²) in [5.74, 6) is -0.636. The van der Waals surface area contributed by atoms with Gasteiger partial charge in [0, 0.05) is 0 Å². The largest absolute Gasteiger partial charge is 0.462 e. The number of halogens is 1. The van der Waals surface area contributed by atoms with Gasteiger partial charge in [0.25, 0.3) is 0 Å². The molecule has 0 fully saturated rings. The molecular weight excluding hydrogens is 239 g/mol. The van der Waals surface area contributed by atoms with E-state index in [1.54, 1.807) is 13.8 Å². The lowest BCUT2D eigenvalue weighted by Gasteiger charge is -2.13. The second kappa shape index (κ2) is 7.26. The van der Waals surface area contributed by atoms with Crippen molar-refractivity contribution in [3.8, 4) is 0 Å². The van der Waals surface area contributed by atoms with E-state index in [1.807, 2.05) is 13.8 Å². The summed E-state index contributed by atoms with van der Waals surface area (Å²) >= 11 is 5.69. The quantitative estimate of drug-likeness (QED) is 0.416. The normalized spacial score (nSPS) is 15.4. The minimum atomic E-state index is -2.29. The Hall–Kier alpha value is -0.0500. The highest BCUT2D eigenvalue weighted by atomic mass is 35.5. The number of esters is 1. The van der Waals surface area contributed by atoms with Crippen LogP contribution in [0.25, 0.3) is 0 Å². The Kier molecular flexibility index (Phi) is 7.24. The molecule has 0 radical (unpaired) electrons. The summed E-state index contributed by atoms with van der Waals surface area (Å²) < 4.78 is 21.5. The first-order chi connectivity index (χ1) is 6.84. The van der Waals surface area contributed by atoms with Crippen LogP contribution in [0.5, 0.6) is 0 Å². The monoisotopic (exact) mass is 256 g/mol. The van der Waals surface area contributed by atoms with Crippen LogP contribution in [0.3, 0.4) is 0 Å². The maximum Gasteiger partial charge on any atom is 0.331 e. The molecule has 0 aromatic heterocycles. The van der Waals surface area contributed by atoms with Gasteiger partial charge in [0.1, 0.15) is 7.80 Å². The van der Waals surface area contributed by atoms with Crippen molar-refractivity contribution in [3.63, 3.8) is 0 Å². The summed E-state index contributed by atoms with van der Waals surface area (Å²) in [6, 6.07) is 0. The molecule has 0 aliphatic rings. The van der Waals surface area contributed by atoms with Crippen LogP contribution in [0.15, 0.2) is 0 Å². The van der Waals surface area contributed by atoms with E-state index in [2.05, 4.69) is 0 Å². The van der Waals surface area contributed by atoms with Crippen molar-refractivity contribution in [1.29, 1.82) is 0 Å². The standard InChI is InChI=1S/C9H18ClO4P/c1-6(2)13-5-15(12)8(10)9(11)14-7(3)4/h6-8,15H,5H2,1-4H3. The van der Waals surface area contributed by atoms with E-state index >= 15 is 0 Å². The molecule has 2 unspecified atom stereocenters.